The normalized spacial score (nSPS) is 16.3. The van der Waals surface area contributed by atoms with Gasteiger partial charge < -0.3 is 15.4 Å². The first-order valence-corrected chi connectivity index (χ1v) is 13.0. The summed E-state index contributed by atoms with van der Waals surface area (Å²) in [7, 11) is 3.81. The largest absolute Gasteiger partial charge is 0.376 e. The van der Waals surface area contributed by atoms with E-state index in [-0.39, 0.29) is 12.0 Å². The molecule has 5 aromatic rings. The number of ether oxygens (including phenoxy) is 1. The molecule has 1 amide bonds. The van der Waals surface area contributed by atoms with Crippen LogP contribution in [0.25, 0.3) is 27.5 Å². The maximum atomic E-state index is 12.9. The third kappa shape index (κ3) is 4.95. The molecule has 39 heavy (non-hydrogen) atoms. The fourth-order valence-corrected chi connectivity index (χ4v) is 5.07. The standard InChI is InChI=1S/C27H32N10O2/c1-17-14-36(7-8-39-17)6-5-28-27(38)19-9-23(18(2)29-11-19)32-26-22-13-31-37-16-20(21-12-30-34(3)15-21)10-24(37)25(22)35(4)33-26/h9-13,15-17H,5-8,14H2,1-4H3,(H,28,38)(H,32,33)/t17-/m0/s1. The molecule has 0 radical (unpaired) electrons. The fraction of sp³-hybridized carbons (Fsp3) is 0.370. The van der Waals surface area contributed by atoms with Crippen molar-refractivity contribution in [3.63, 3.8) is 0 Å². The van der Waals surface area contributed by atoms with Gasteiger partial charge in [0, 0.05) is 70.0 Å². The molecule has 0 bridgehead atoms. The number of hydrogen-bond donors (Lipinski definition) is 2. The van der Waals surface area contributed by atoms with Gasteiger partial charge >= 0.3 is 0 Å². The summed E-state index contributed by atoms with van der Waals surface area (Å²) >= 11 is 0. The minimum Gasteiger partial charge on any atom is -0.376 e. The Morgan fingerprint density at radius 1 is 1.13 bits per heavy atom. The molecule has 12 nitrogen and oxygen atoms in total. The molecule has 6 rings (SSSR count). The van der Waals surface area contributed by atoms with Gasteiger partial charge in [0.25, 0.3) is 5.91 Å². The predicted molar refractivity (Wildman–Crippen MR) is 148 cm³/mol. The highest BCUT2D eigenvalue weighted by atomic mass is 16.5. The molecule has 2 N–H and O–H groups in total. The van der Waals surface area contributed by atoms with Crippen molar-refractivity contribution in [2.45, 2.75) is 20.0 Å². The minimum absolute atomic E-state index is 0.155. The van der Waals surface area contributed by atoms with Crippen LogP contribution in [0.3, 0.4) is 0 Å². The molecular weight excluding hydrogens is 496 g/mol. The zero-order valence-corrected chi connectivity index (χ0v) is 22.5. The molecule has 0 aliphatic carbocycles. The van der Waals surface area contributed by atoms with Crippen molar-refractivity contribution in [3.8, 4) is 11.1 Å². The summed E-state index contributed by atoms with van der Waals surface area (Å²) in [5, 5.41) is 20.9. The lowest BCUT2D eigenvalue weighted by molar-refractivity contribution is -0.0175. The first-order chi connectivity index (χ1) is 18.9. The number of aromatic nitrogens is 7. The van der Waals surface area contributed by atoms with Gasteiger partial charge in [0.2, 0.25) is 0 Å². The quantitative estimate of drug-likeness (QED) is 0.331. The summed E-state index contributed by atoms with van der Waals surface area (Å²) in [5.74, 6) is 0.493. The van der Waals surface area contributed by atoms with Crippen LogP contribution in [0.5, 0.6) is 0 Å². The van der Waals surface area contributed by atoms with E-state index < -0.39 is 0 Å². The first kappa shape index (κ1) is 25.0. The summed E-state index contributed by atoms with van der Waals surface area (Å²) in [4.78, 5) is 19.7. The number of hydrogen-bond acceptors (Lipinski definition) is 8. The van der Waals surface area contributed by atoms with Crippen LogP contribution in [0, 0.1) is 6.92 Å². The van der Waals surface area contributed by atoms with Gasteiger partial charge in [-0.1, -0.05) is 0 Å². The van der Waals surface area contributed by atoms with E-state index in [9.17, 15) is 4.79 Å². The van der Waals surface area contributed by atoms with Crippen molar-refractivity contribution in [1.82, 2.24) is 44.4 Å². The van der Waals surface area contributed by atoms with Crippen LogP contribution in [0.15, 0.2) is 43.1 Å². The Hall–Kier alpha value is -4.29. The average Bonchev–Trinajstić information content (AvgIpc) is 3.62. The predicted octanol–water partition coefficient (Wildman–Crippen LogP) is 2.52. The number of anilines is 2. The van der Waals surface area contributed by atoms with E-state index in [1.165, 1.54) is 0 Å². The molecule has 12 heteroatoms. The van der Waals surface area contributed by atoms with E-state index in [0.717, 1.165) is 65.2 Å². The van der Waals surface area contributed by atoms with E-state index in [4.69, 9.17) is 9.84 Å². The highest BCUT2D eigenvalue weighted by Crippen LogP contribution is 2.31. The molecule has 202 valence electrons. The van der Waals surface area contributed by atoms with Gasteiger partial charge in [-0.25, -0.2) is 4.52 Å². The van der Waals surface area contributed by atoms with Gasteiger partial charge in [-0.2, -0.15) is 15.3 Å². The molecule has 1 aliphatic heterocycles. The topological polar surface area (TPSA) is 119 Å². The van der Waals surface area contributed by atoms with Crippen molar-refractivity contribution in [1.29, 1.82) is 0 Å². The Kier molecular flexibility index (Phi) is 6.49. The number of rotatable bonds is 7. The number of nitrogens with one attached hydrogen (secondary N) is 2. The number of pyridine rings is 1. The second-order valence-electron chi connectivity index (χ2n) is 10.1. The van der Waals surface area contributed by atoms with Crippen molar-refractivity contribution in [3.05, 3.63) is 54.4 Å². The molecule has 1 fully saturated rings. The SMILES string of the molecule is Cc1ncc(C(=O)NCCN2CCO[C@@H](C)C2)cc1Nc1nn(C)c2c1cnn1cc(-c3cnn(C)c3)cc21. The second-order valence-corrected chi connectivity index (χ2v) is 10.1. The Bertz CT molecular complexity index is 1670. The molecular formula is C27H32N10O2. The maximum absolute atomic E-state index is 12.9. The molecule has 1 atom stereocenters. The smallest absolute Gasteiger partial charge is 0.252 e. The lowest BCUT2D eigenvalue weighted by Crippen LogP contribution is -2.44. The Labute approximate surface area is 225 Å². The Morgan fingerprint density at radius 2 is 2.00 bits per heavy atom. The van der Waals surface area contributed by atoms with E-state index in [0.29, 0.717) is 17.9 Å². The van der Waals surface area contributed by atoms with Crippen molar-refractivity contribution in [2.24, 2.45) is 14.1 Å². The van der Waals surface area contributed by atoms with E-state index in [1.807, 2.05) is 54.9 Å². The molecule has 5 aromatic heterocycles. The van der Waals surface area contributed by atoms with Crippen LogP contribution in [-0.2, 0) is 18.8 Å². The van der Waals surface area contributed by atoms with Crippen LogP contribution in [0.2, 0.25) is 0 Å². The summed E-state index contributed by atoms with van der Waals surface area (Å²) in [6, 6.07) is 3.91. The van der Waals surface area contributed by atoms with Gasteiger partial charge in [-0.15, -0.1) is 0 Å². The number of aryl methyl sites for hydroxylation is 3. The van der Waals surface area contributed by atoms with E-state index >= 15 is 0 Å². The molecule has 1 saturated heterocycles. The van der Waals surface area contributed by atoms with Gasteiger partial charge in [-0.05, 0) is 26.0 Å². The van der Waals surface area contributed by atoms with Gasteiger partial charge in [0.1, 0.15) is 0 Å². The fourth-order valence-electron chi connectivity index (χ4n) is 5.07. The summed E-state index contributed by atoms with van der Waals surface area (Å²) < 4.78 is 11.1. The number of nitrogens with zero attached hydrogens (tertiary/aromatic N) is 8. The number of carbonyl (C=O) groups excluding carboxylic acids is 1. The first-order valence-electron chi connectivity index (χ1n) is 13.0. The lowest BCUT2D eigenvalue weighted by Gasteiger charge is -2.30. The van der Waals surface area contributed by atoms with Gasteiger partial charge in [0.05, 0.1) is 58.5 Å². The van der Waals surface area contributed by atoms with Crippen molar-refractivity contribution in [2.75, 3.05) is 38.1 Å². The van der Waals surface area contributed by atoms with Crippen LogP contribution < -0.4 is 10.6 Å². The number of morpholine rings is 1. The maximum Gasteiger partial charge on any atom is 0.252 e. The Morgan fingerprint density at radius 3 is 2.79 bits per heavy atom. The molecule has 0 unspecified atom stereocenters. The summed E-state index contributed by atoms with van der Waals surface area (Å²) in [6.45, 7) is 7.81. The highest BCUT2D eigenvalue weighted by Gasteiger charge is 2.18. The molecule has 1 aliphatic rings. The number of fused-ring (bicyclic) bond motifs is 3. The minimum atomic E-state index is -0.155. The molecule has 6 heterocycles. The third-order valence-electron chi connectivity index (χ3n) is 7.12. The van der Waals surface area contributed by atoms with Gasteiger partial charge in [0.15, 0.2) is 5.82 Å². The zero-order valence-electron chi connectivity index (χ0n) is 22.5. The zero-order chi connectivity index (χ0) is 27.1. The highest BCUT2D eigenvalue weighted by molar-refractivity contribution is 6.01. The van der Waals surface area contributed by atoms with Crippen molar-refractivity contribution >= 4 is 33.8 Å². The van der Waals surface area contributed by atoms with Crippen molar-refractivity contribution < 1.29 is 9.53 Å². The van der Waals surface area contributed by atoms with Crippen LogP contribution in [0.1, 0.15) is 23.0 Å². The third-order valence-corrected chi connectivity index (χ3v) is 7.12. The molecule has 0 spiro atoms. The monoisotopic (exact) mass is 528 g/mol. The molecule has 0 aromatic carbocycles. The lowest BCUT2D eigenvalue weighted by atomic mass is 10.2. The average molecular weight is 529 g/mol. The van der Waals surface area contributed by atoms with Crippen LogP contribution in [-0.4, -0.2) is 83.9 Å². The Balaban J connectivity index is 1.22. The van der Waals surface area contributed by atoms with Gasteiger partial charge in [-0.3, -0.25) is 24.0 Å². The van der Waals surface area contributed by atoms with Crippen LogP contribution >= 0.6 is 0 Å². The van der Waals surface area contributed by atoms with E-state index in [2.05, 4.69) is 43.7 Å². The summed E-state index contributed by atoms with van der Waals surface area (Å²) in [5.41, 5.74) is 5.91. The van der Waals surface area contributed by atoms with E-state index in [1.54, 1.807) is 17.1 Å². The number of carbonyl (C=O) groups is 1. The second kappa shape index (κ2) is 10.1. The summed E-state index contributed by atoms with van der Waals surface area (Å²) in [6.07, 6.45) is 9.43. The number of amides is 1. The molecule has 0 saturated carbocycles. The van der Waals surface area contributed by atoms with Crippen LogP contribution in [0.4, 0.5) is 11.5 Å².